The molecule has 0 heterocycles. The van der Waals surface area contributed by atoms with E-state index in [1.165, 1.54) is 0 Å². The number of rotatable bonds is 4. The molecule has 0 aromatic heterocycles. The van der Waals surface area contributed by atoms with Crippen molar-refractivity contribution in [3.8, 4) is 0 Å². The number of carbonyl (C=O) groups is 1. The van der Waals surface area contributed by atoms with Crippen molar-refractivity contribution in [2.45, 2.75) is 6.54 Å². The SMILES string of the molecule is O=CNNC(=S)NCc1ccccc1. The fourth-order valence-corrected chi connectivity index (χ4v) is 1.05. The van der Waals surface area contributed by atoms with Gasteiger partial charge in [0.2, 0.25) is 6.41 Å². The first-order chi connectivity index (χ1) is 6.83. The molecule has 14 heavy (non-hydrogen) atoms. The van der Waals surface area contributed by atoms with Crippen LogP contribution in [-0.2, 0) is 11.3 Å². The van der Waals surface area contributed by atoms with Crippen LogP contribution in [0.5, 0.6) is 0 Å². The van der Waals surface area contributed by atoms with Crippen LogP contribution in [0.25, 0.3) is 0 Å². The topological polar surface area (TPSA) is 53.2 Å². The van der Waals surface area contributed by atoms with Gasteiger partial charge in [-0.05, 0) is 17.8 Å². The molecule has 0 unspecified atom stereocenters. The molecule has 0 spiro atoms. The first-order valence-corrected chi connectivity index (χ1v) is 4.50. The third-order valence-electron chi connectivity index (χ3n) is 1.54. The number of amides is 1. The van der Waals surface area contributed by atoms with Crippen LogP contribution in [0.15, 0.2) is 30.3 Å². The molecule has 0 atom stereocenters. The fraction of sp³-hybridized carbons (Fsp3) is 0.111. The smallest absolute Gasteiger partial charge is 0.225 e. The molecular weight excluding hydrogens is 198 g/mol. The highest BCUT2D eigenvalue weighted by atomic mass is 32.1. The van der Waals surface area contributed by atoms with E-state index in [2.05, 4.69) is 16.2 Å². The Kier molecular flexibility index (Phi) is 4.43. The Bertz CT molecular complexity index is 302. The number of benzene rings is 1. The van der Waals surface area contributed by atoms with Gasteiger partial charge in [0.25, 0.3) is 0 Å². The summed E-state index contributed by atoms with van der Waals surface area (Å²) in [6.07, 6.45) is 0.524. The zero-order valence-corrected chi connectivity index (χ0v) is 8.30. The van der Waals surface area contributed by atoms with E-state index in [0.29, 0.717) is 18.1 Å². The van der Waals surface area contributed by atoms with Crippen molar-refractivity contribution in [2.24, 2.45) is 0 Å². The zero-order chi connectivity index (χ0) is 10.2. The maximum atomic E-state index is 9.92. The van der Waals surface area contributed by atoms with E-state index in [9.17, 15) is 4.79 Å². The summed E-state index contributed by atoms with van der Waals surface area (Å²) < 4.78 is 0. The molecular formula is C9H11N3OS. The van der Waals surface area contributed by atoms with Gasteiger partial charge >= 0.3 is 0 Å². The summed E-state index contributed by atoms with van der Waals surface area (Å²) in [5.41, 5.74) is 5.88. The molecule has 3 N–H and O–H groups in total. The van der Waals surface area contributed by atoms with Gasteiger partial charge in [-0.25, -0.2) is 0 Å². The molecule has 0 bridgehead atoms. The summed E-state index contributed by atoms with van der Waals surface area (Å²) in [4.78, 5) is 9.92. The second kappa shape index (κ2) is 5.93. The molecule has 1 aromatic rings. The standard InChI is InChI=1S/C9H11N3OS/c13-7-11-12-9(14)10-6-8-4-2-1-3-5-8/h1-5,7H,6H2,(H,11,13)(H2,10,12,14). The maximum absolute atomic E-state index is 9.92. The summed E-state index contributed by atoms with van der Waals surface area (Å²) in [6, 6.07) is 9.84. The highest BCUT2D eigenvalue weighted by molar-refractivity contribution is 7.80. The van der Waals surface area contributed by atoms with Gasteiger partial charge in [0, 0.05) is 6.54 Å². The minimum atomic E-state index is 0.390. The Morgan fingerprint density at radius 1 is 1.36 bits per heavy atom. The van der Waals surface area contributed by atoms with Crippen LogP contribution >= 0.6 is 12.2 Å². The molecule has 0 aliphatic carbocycles. The number of hydrazine groups is 1. The third kappa shape index (κ3) is 3.86. The van der Waals surface area contributed by atoms with Crippen molar-refractivity contribution in [1.29, 1.82) is 0 Å². The van der Waals surface area contributed by atoms with Crippen LogP contribution in [0.1, 0.15) is 5.56 Å². The van der Waals surface area contributed by atoms with E-state index >= 15 is 0 Å². The van der Waals surface area contributed by atoms with Crippen LogP contribution in [0.2, 0.25) is 0 Å². The number of carbonyl (C=O) groups excluding carboxylic acids is 1. The average molecular weight is 209 g/mol. The summed E-state index contributed by atoms with van der Waals surface area (Å²) in [5.74, 6) is 0. The minimum Gasteiger partial charge on any atom is -0.357 e. The van der Waals surface area contributed by atoms with E-state index in [1.54, 1.807) is 0 Å². The summed E-state index contributed by atoms with van der Waals surface area (Å²) in [7, 11) is 0. The number of thiocarbonyl (C=S) groups is 1. The molecule has 4 nitrogen and oxygen atoms in total. The molecule has 1 rings (SSSR count). The van der Waals surface area contributed by atoms with Gasteiger partial charge in [0.05, 0.1) is 0 Å². The highest BCUT2D eigenvalue weighted by Crippen LogP contribution is 1.96. The fourth-order valence-electron chi connectivity index (χ4n) is 0.917. The monoisotopic (exact) mass is 209 g/mol. The zero-order valence-electron chi connectivity index (χ0n) is 7.49. The number of hydrogen-bond donors (Lipinski definition) is 3. The maximum Gasteiger partial charge on any atom is 0.225 e. The molecule has 0 aliphatic rings. The normalized spacial score (nSPS) is 8.86. The molecule has 0 fully saturated rings. The average Bonchev–Trinajstić information content (AvgIpc) is 2.25. The van der Waals surface area contributed by atoms with E-state index in [1.807, 2.05) is 30.3 Å². The quantitative estimate of drug-likeness (QED) is 0.379. The Hall–Kier alpha value is -1.62. The van der Waals surface area contributed by atoms with Gasteiger partial charge in [-0.3, -0.25) is 15.6 Å². The molecule has 1 aromatic carbocycles. The summed E-state index contributed by atoms with van der Waals surface area (Å²) >= 11 is 4.87. The van der Waals surface area contributed by atoms with Crippen molar-refractivity contribution in [3.05, 3.63) is 35.9 Å². The van der Waals surface area contributed by atoms with Crippen molar-refractivity contribution in [1.82, 2.24) is 16.2 Å². The molecule has 1 amide bonds. The van der Waals surface area contributed by atoms with E-state index in [0.717, 1.165) is 5.56 Å². The van der Waals surface area contributed by atoms with Crippen molar-refractivity contribution in [2.75, 3.05) is 0 Å². The van der Waals surface area contributed by atoms with Crippen molar-refractivity contribution >= 4 is 23.7 Å². The first kappa shape index (κ1) is 10.5. The summed E-state index contributed by atoms with van der Waals surface area (Å²) in [6.45, 7) is 0.632. The molecule has 74 valence electrons. The van der Waals surface area contributed by atoms with Crippen LogP contribution in [-0.4, -0.2) is 11.5 Å². The lowest BCUT2D eigenvalue weighted by Crippen LogP contribution is -2.42. The molecule has 0 saturated heterocycles. The van der Waals surface area contributed by atoms with Crippen LogP contribution in [0, 0.1) is 0 Å². The van der Waals surface area contributed by atoms with Crippen LogP contribution in [0.4, 0.5) is 0 Å². The Morgan fingerprint density at radius 3 is 2.71 bits per heavy atom. The second-order valence-electron chi connectivity index (χ2n) is 2.56. The van der Waals surface area contributed by atoms with Crippen molar-refractivity contribution in [3.63, 3.8) is 0 Å². The van der Waals surface area contributed by atoms with E-state index in [4.69, 9.17) is 12.2 Å². The van der Waals surface area contributed by atoms with Crippen LogP contribution in [0.3, 0.4) is 0 Å². The van der Waals surface area contributed by atoms with Crippen molar-refractivity contribution < 1.29 is 4.79 Å². The second-order valence-corrected chi connectivity index (χ2v) is 2.96. The summed E-state index contributed by atoms with van der Waals surface area (Å²) in [5, 5.41) is 3.32. The van der Waals surface area contributed by atoms with Gasteiger partial charge in [-0.2, -0.15) is 0 Å². The van der Waals surface area contributed by atoms with Gasteiger partial charge in [0.15, 0.2) is 5.11 Å². The Morgan fingerprint density at radius 2 is 2.07 bits per heavy atom. The minimum absolute atomic E-state index is 0.390. The van der Waals surface area contributed by atoms with E-state index < -0.39 is 0 Å². The van der Waals surface area contributed by atoms with Crippen LogP contribution < -0.4 is 16.2 Å². The number of hydrogen-bond acceptors (Lipinski definition) is 2. The first-order valence-electron chi connectivity index (χ1n) is 4.10. The lowest BCUT2D eigenvalue weighted by Gasteiger charge is -2.08. The molecule has 0 saturated carbocycles. The number of nitrogens with one attached hydrogen (secondary N) is 3. The Balaban J connectivity index is 2.27. The molecule has 0 aliphatic heterocycles. The predicted molar refractivity (Wildman–Crippen MR) is 58.2 cm³/mol. The largest absolute Gasteiger partial charge is 0.357 e. The van der Waals surface area contributed by atoms with Gasteiger partial charge in [0.1, 0.15) is 0 Å². The highest BCUT2D eigenvalue weighted by Gasteiger charge is 1.93. The van der Waals surface area contributed by atoms with Gasteiger partial charge in [-0.15, -0.1) is 0 Å². The predicted octanol–water partition coefficient (Wildman–Crippen LogP) is 0.312. The lowest BCUT2D eigenvalue weighted by molar-refractivity contribution is -0.110. The molecule has 5 heteroatoms. The third-order valence-corrected chi connectivity index (χ3v) is 1.79. The Labute approximate surface area is 87.7 Å². The lowest BCUT2D eigenvalue weighted by atomic mass is 10.2. The van der Waals surface area contributed by atoms with E-state index in [-0.39, 0.29) is 0 Å². The molecule has 0 radical (unpaired) electrons. The van der Waals surface area contributed by atoms with Gasteiger partial charge in [-0.1, -0.05) is 30.3 Å². The van der Waals surface area contributed by atoms with Gasteiger partial charge < -0.3 is 5.32 Å².